The van der Waals surface area contributed by atoms with Crippen molar-refractivity contribution in [2.45, 2.75) is 6.92 Å². The summed E-state index contributed by atoms with van der Waals surface area (Å²) < 4.78 is 0.866. The Bertz CT molecular complexity index is 643. The van der Waals surface area contributed by atoms with E-state index in [1.54, 1.807) is 30.3 Å². The van der Waals surface area contributed by atoms with Gasteiger partial charge in [0.2, 0.25) is 0 Å². The van der Waals surface area contributed by atoms with E-state index >= 15 is 0 Å². The van der Waals surface area contributed by atoms with Gasteiger partial charge in [-0.3, -0.25) is 0 Å². The van der Waals surface area contributed by atoms with Gasteiger partial charge in [-0.15, -0.1) is 0 Å². The van der Waals surface area contributed by atoms with Gasteiger partial charge in [0.1, 0.15) is 0 Å². The van der Waals surface area contributed by atoms with E-state index in [0.29, 0.717) is 16.4 Å². The van der Waals surface area contributed by atoms with E-state index < -0.39 is 5.97 Å². The highest BCUT2D eigenvalue weighted by Crippen LogP contribution is 2.30. The molecule has 0 bridgehead atoms. The lowest BCUT2D eigenvalue weighted by Crippen LogP contribution is -2.03. The zero-order chi connectivity index (χ0) is 14.0. The largest absolute Gasteiger partial charge is 0.478 e. The van der Waals surface area contributed by atoms with Crippen molar-refractivity contribution in [3.05, 3.63) is 57.0 Å². The van der Waals surface area contributed by atoms with Gasteiger partial charge in [-0.1, -0.05) is 33.6 Å². The second-order valence-corrected chi connectivity index (χ2v) is 5.43. The standard InChI is InChI=1S/C14H11BrClNO2/c1-8-2-4-10(14(18)19)13(6-8)17-12-5-3-9(15)7-11(12)16/h2-7,17H,1H3,(H,18,19). The minimum absolute atomic E-state index is 0.213. The van der Waals surface area contributed by atoms with Crippen molar-refractivity contribution in [2.24, 2.45) is 0 Å². The number of rotatable bonds is 3. The topological polar surface area (TPSA) is 49.3 Å². The van der Waals surface area contributed by atoms with E-state index in [1.807, 2.05) is 13.0 Å². The monoisotopic (exact) mass is 339 g/mol. The summed E-state index contributed by atoms with van der Waals surface area (Å²) in [6.07, 6.45) is 0. The lowest BCUT2D eigenvalue weighted by atomic mass is 10.1. The van der Waals surface area contributed by atoms with E-state index in [0.717, 1.165) is 10.0 Å². The molecule has 0 amide bonds. The van der Waals surface area contributed by atoms with Crippen LogP contribution in [0.1, 0.15) is 15.9 Å². The fraction of sp³-hybridized carbons (Fsp3) is 0.0714. The maximum Gasteiger partial charge on any atom is 0.337 e. The third-order valence-corrected chi connectivity index (χ3v) is 3.41. The van der Waals surface area contributed by atoms with Crippen LogP contribution in [0.15, 0.2) is 40.9 Å². The molecule has 2 aromatic rings. The molecule has 3 nitrogen and oxygen atoms in total. The Morgan fingerprint density at radius 1 is 1.21 bits per heavy atom. The smallest absolute Gasteiger partial charge is 0.337 e. The van der Waals surface area contributed by atoms with E-state index in [9.17, 15) is 4.79 Å². The van der Waals surface area contributed by atoms with Crippen LogP contribution in [0.3, 0.4) is 0 Å². The lowest BCUT2D eigenvalue weighted by Gasteiger charge is -2.12. The molecule has 0 aliphatic rings. The first-order chi connectivity index (χ1) is 8.97. The highest BCUT2D eigenvalue weighted by molar-refractivity contribution is 9.10. The van der Waals surface area contributed by atoms with Gasteiger partial charge >= 0.3 is 5.97 Å². The Balaban J connectivity index is 2.42. The zero-order valence-electron chi connectivity index (χ0n) is 10.1. The van der Waals surface area contributed by atoms with Gasteiger partial charge in [0.25, 0.3) is 0 Å². The van der Waals surface area contributed by atoms with Gasteiger partial charge < -0.3 is 10.4 Å². The first kappa shape index (κ1) is 13.9. The van der Waals surface area contributed by atoms with Crippen LogP contribution in [0.4, 0.5) is 11.4 Å². The Morgan fingerprint density at radius 3 is 2.58 bits per heavy atom. The molecule has 0 aliphatic heterocycles. The van der Waals surface area contributed by atoms with Crippen LogP contribution in [0.5, 0.6) is 0 Å². The molecule has 0 atom stereocenters. The Hall–Kier alpha value is -1.52. The van der Waals surface area contributed by atoms with E-state index in [1.165, 1.54) is 0 Å². The average Bonchev–Trinajstić information content (AvgIpc) is 2.32. The van der Waals surface area contributed by atoms with Crippen LogP contribution in [0.2, 0.25) is 5.02 Å². The van der Waals surface area contributed by atoms with Crippen molar-refractivity contribution < 1.29 is 9.90 Å². The lowest BCUT2D eigenvalue weighted by molar-refractivity contribution is 0.0698. The van der Waals surface area contributed by atoms with Crippen LogP contribution in [-0.2, 0) is 0 Å². The molecule has 2 N–H and O–H groups in total. The molecule has 0 aromatic heterocycles. The van der Waals surface area contributed by atoms with Crippen LogP contribution in [0.25, 0.3) is 0 Å². The van der Waals surface area contributed by atoms with Gasteiger partial charge in [-0.25, -0.2) is 4.79 Å². The number of hydrogen-bond acceptors (Lipinski definition) is 2. The predicted molar refractivity (Wildman–Crippen MR) is 80.6 cm³/mol. The average molecular weight is 341 g/mol. The number of benzene rings is 2. The normalized spacial score (nSPS) is 10.3. The third kappa shape index (κ3) is 3.28. The van der Waals surface area contributed by atoms with E-state index in [4.69, 9.17) is 16.7 Å². The summed E-state index contributed by atoms with van der Waals surface area (Å²) in [7, 11) is 0. The zero-order valence-corrected chi connectivity index (χ0v) is 12.4. The Kier molecular flexibility index (Phi) is 4.12. The minimum Gasteiger partial charge on any atom is -0.478 e. The molecule has 5 heteroatoms. The number of anilines is 2. The molecule has 98 valence electrons. The number of aryl methyl sites for hydroxylation is 1. The molecule has 0 aliphatic carbocycles. The van der Waals surface area contributed by atoms with Crippen molar-refractivity contribution in [3.8, 4) is 0 Å². The molecule has 0 radical (unpaired) electrons. The summed E-state index contributed by atoms with van der Waals surface area (Å²) in [4.78, 5) is 11.2. The summed E-state index contributed by atoms with van der Waals surface area (Å²) >= 11 is 9.44. The predicted octanol–water partition coefficient (Wildman–Crippen LogP) is 4.85. The highest BCUT2D eigenvalue weighted by Gasteiger charge is 2.11. The van der Waals surface area contributed by atoms with E-state index in [2.05, 4.69) is 21.2 Å². The van der Waals surface area contributed by atoms with Gasteiger partial charge in [-0.2, -0.15) is 0 Å². The molecule has 19 heavy (non-hydrogen) atoms. The Labute approximate surface area is 124 Å². The minimum atomic E-state index is -0.976. The SMILES string of the molecule is Cc1ccc(C(=O)O)c(Nc2ccc(Br)cc2Cl)c1. The van der Waals surface area contributed by atoms with Crippen LogP contribution in [0, 0.1) is 6.92 Å². The molecule has 0 spiro atoms. The van der Waals surface area contributed by atoms with Gasteiger partial charge in [-0.05, 0) is 42.8 Å². The first-order valence-corrected chi connectivity index (χ1v) is 6.70. The summed E-state index contributed by atoms with van der Waals surface area (Å²) in [5, 5.41) is 12.7. The van der Waals surface area contributed by atoms with Gasteiger partial charge in [0.05, 0.1) is 22.0 Å². The summed E-state index contributed by atoms with van der Waals surface area (Å²) in [5.74, 6) is -0.976. The van der Waals surface area contributed by atoms with Crippen molar-refractivity contribution in [2.75, 3.05) is 5.32 Å². The van der Waals surface area contributed by atoms with Crippen LogP contribution in [-0.4, -0.2) is 11.1 Å². The van der Waals surface area contributed by atoms with Gasteiger partial charge in [0.15, 0.2) is 0 Å². The maximum absolute atomic E-state index is 11.2. The molecular weight excluding hydrogens is 330 g/mol. The molecule has 0 unspecified atom stereocenters. The second kappa shape index (κ2) is 5.63. The number of halogens is 2. The van der Waals surface area contributed by atoms with Crippen LogP contribution < -0.4 is 5.32 Å². The molecule has 2 rings (SSSR count). The van der Waals surface area contributed by atoms with Gasteiger partial charge in [0, 0.05) is 4.47 Å². The van der Waals surface area contributed by atoms with Crippen molar-refractivity contribution >= 4 is 44.9 Å². The summed E-state index contributed by atoms with van der Waals surface area (Å²) in [6, 6.07) is 10.5. The fourth-order valence-corrected chi connectivity index (χ4v) is 2.40. The number of carbonyl (C=O) groups is 1. The molecule has 0 saturated carbocycles. The highest BCUT2D eigenvalue weighted by atomic mass is 79.9. The number of carboxylic acids is 1. The number of aromatic carboxylic acids is 1. The van der Waals surface area contributed by atoms with Crippen molar-refractivity contribution in [1.82, 2.24) is 0 Å². The second-order valence-electron chi connectivity index (χ2n) is 4.10. The fourth-order valence-electron chi connectivity index (χ4n) is 1.68. The van der Waals surface area contributed by atoms with Crippen molar-refractivity contribution in [3.63, 3.8) is 0 Å². The first-order valence-electron chi connectivity index (χ1n) is 5.53. The molecule has 0 fully saturated rings. The molecular formula is C14H11BrClNO2. The number of carboxylic acid groups (broad SMARTS) is 1. The molecule has 2 aromatic carbocycles. The summed E-state index contributed by atoms with van der Waals surface area (Å²) in [6.45, 7) is 1.90. The van der Waals surface area contributed by atoms with E-state index in [-0.39, 0.29) is 5.56 Å². The van der Waals surface area contributed by atoms with Crippen LogP contribution >= 0.6 is 27.5 Å². The summed E-state index contributed by atoms with van der Waals surface area (Å²) in [5.41, 5.74) is 2.38. The third-order valence-electron chi connectivity index (χ3n) is 2.61. The number of hydrogen-bond donors (Lipinski definition) is 2. The quantitative estimate of drug-likeness (QED) is 0.839. The van der Waals surface area contributed by atoms with Crippen molar-refractivity contribution in [1.29, 1.82) is 0 Å². The Morgan fingerprint density at radius 2 is 1.95 bits per heavy atom. The number of nitrogens with one attached hydrogen (secondary N) is 1. The molecule has 0 saturated heterocycles. The molecule has 0 heterocycles. The maximum atomic E-state index is 11.2.